The van der Waals surface area contributed by atoms with Gasteiger partial charge in [-0.25, -0.2) is 9.97 Å². The zero-order valence-electron chi connectivity index (χ0n) is 9.41. The van der Waals surface area contributed by atoms with Crippen LogP contribution < -0.4 is 0 Å². The van der Waals surface area contributed by atoms with Gasteiger partial charge in [0.15, 0.2) is 0 Å². The Hall–Kier alpha value is -0.770. The van der Waals surface area contributed by atoms with Crippen LogP contribution in [-0.2, 0) is 10.2 Å². The predicted octanol–water partition coefficient (Wildman–Crippen LogP) is 2.80. The molecule has 0 N–H and O–H groups in total. The molecular weight excluding hydrogens is 256 g/mol. The van der Waals surface area contributed by atoms with E-state index in [0.29, 0.717) is 0 Å². The molecule has 0 amide bonds. The molecule has 3 nitrogen and oxygen atoms in total. The van der Waals surface area contributed by atoms with Crippen LogP contribution in [0.4, 0.5) is 0 Å². The molecule has 4 heteroatoms. The van der Waals surface area contributed by atoms with Crippen molar-refractivity contribution in [2.24, 2.45) is 0 Å². The lowest BCUT2D eigenvalue weighted by Crippen LogP contribution is -2.17. The molecule has 0 fully saturated rings. The maximum atomic E-state index is 11.2. The van der Waals surface area contributed by atoms with Gasteiger partial charge >= 0.3 is 0 Å². The maximum absolute atomic E-state index is 11.2. The third kappa shape index (κ3) is 3.09. The zero-order chi connectivity index (χ0) is 11.6. The molecule has 1 atom stereocenters. The van der Waals surface area contributed by atoms with Crippen molar-refractivity contribution in [2.45, 2.75) is 37.9 Å². The highest BCUT2D eigenvalue weighted by Gasteiger charge is 2.20. The highest BCUT2D eigenvalue weighted by atomic mass is 79.9. The van der Waals surface area contributed by atoms with Crippen LogP contribution in [0, 0.1) is 0 Å². The Morgan fingerprint density at radius 3 is 2.53 bits per heavy atom. The number of rotatable bonds is 2. The number of carbonyl (C=O) groups is 1. The van der Waals surface area contributed by atoms with E-state index >= 15 is 0 Å². The second kappa shape index (κ2) is 4.39. The Balaban J connectivity index is 3.08. The van der Waals surface area contributed by atoms with Gasteiger partial charge in [-0.05, 0) is 13.0 Å². The van der Waals surface area contributed by atoms with Crippen molar-refractivity contribution >= 4 is 21.7 Å². The average molecular weight is 271 g/mol. The second-order valence-electron chi connectivity index (χ2n) is 4.53. The fourth-order valence-electron chi connectivity index (χ4n) is 1.08. The van der Waals surface area contributed by atoms with E-state index in [2.05, 4.69) is 25.9 Å². The molecule has 1 aromatic rings. The lowest BCUT2D eigenvalue weighted by molar-refractivity contribution is -0.116. The molecule has 0 radical (unpaired) electrons. The van der Waals surface area contributed by atoms with Crippen molar-refractivity contribution < 1.29 is 4.79 Å². The number of ketones is 1. The fourth-order valence-corrected chi connectivity index (χ4v) is 1.34. The minimum atomic E-state index is -0.332. The first kappa shape index (κ1) is 12.3. The molecule has 1 rings (SSSR count). The predicted molar refractivity (Wildman–Crippen MR) is 63.1 cm³/mol. The molecule has 0 saturated carbocycles. The number of hydrogen-bond acceptors (Lipinski definition) is 3. The summed E-state index contributed by atoms with van der Waals surface area (Å²) in [5, 5.41) is 0. The van der Waals surface area contributed by atoms with Crippen LogP contribution in [0.1, 0.15) is 44.0 Å². The van der Waals surface area contributed by atoms with Gasteiger partial charge in [0.2, 0.25) is 0 Å². The number of halogens is 1. The van der Waals surface area contributed by atoms with Crippen LogP contribution in [0.15, 0.2) is 12.3 Å². The maximum Gasteiger partial charge on any atom is 0.149 e. The van der Waals surface area contributed by atoms with Crippen molar-refractivity contribution in [3.8, 4) is 0 Å². The average Bonchev–Trinajstić information content (AvgIpc) is 2.15. The Bertz CT molecular complexity index is 371. The molecule has 0 aromatic carbocycles. The molecule has 0 saturated heterocycles. The summed E-state index contributed by atoms with van der Waals surface area (Å²) in [5.74, 6) is 0.805. The summed E-state index contributed by atoms with van der Waals surface area (Å²) in [6.45, 7) is 7.67. The first-order chi connectivity index (χ1) is 6.82. The van der Waals surface area contributed by atoms with Gasteiger partial charge in [0.1, 0.15) is 16.4 Å². The highest BCUT2D eigenvalue weighted by Crippen LogP contribution is 2.24. The first-order valence-electron chi connectivity index (χ1n) is 4.80. The lowest BCUT2D eigenvalue weighted by atomic mass is 9.95. The van der Waals surface area contributed by atoms with E-state index in [1.807, 2.05) is 20.8 Å². The minimum absolute atomic E-state index is 0.0496. The summed E-state index contributed by atoms with van der Waals surface area (Å²) in [6, 6.07) is 1.76. The molecule has 0 aliphatic carbocycles. The largest absolute Gasteiger partial charge is 0.298 e. The molecule has 1 aromatic heterocycles. The van der Waals surface area contributed by atoms with Gasteiger partial charge in [-0.15, -0.1) is 0 Å². The number of nitrogens with zero attached hydrogens (tertiary/aromatic N) is 2. The summed E-state index contributed by atoms with van der Waals surface area (Å²) in [6.07, 6.45) is 1.69. The van der Waals surface area contributed by atoms with E-state index in [4.69, 9.17) is 0 Å². The molecular formula is C11H15BrN2O. The van der Waals surface area contributed by atoms with Gasteiger partial charge < -0.3 is 0 Å². The van der Waals surface area contributed by atoms with Gasteiger partial charge in [-0.3, -0.25) is 4.79 Å². The molecule has 0 aliphatic rings. The van der Waals surface area contributed by atoms with Gasteiger partial charge in [0.05, 0.1) is 5.69 Å². The number of aromatic nitrogens is 2. The summed E-state index contributed by atoms with van der Waals surface area (Å²) in [5.41, 5.74) is 0.627. The molecule has 0 bridgehead atoms. The van der Waals surface area contributed by atoms with Crippen LogP contribution in [0.5, 0.6) is 0 Å². The Labute approximate surface area is 98.5 Å². The Kier molecular flexibility index (Phi) is 3.60. The third-order valence-electron chi connectivity index (χ3n) is 1.96. The smallest absolute Gasteiger partial charge is 0.149 e. The number of alkyl halides is 1. The Morgan fingerprint density at radius 1 is 1.47 bits per heavy atom. The number of Topliss-reactive ketones (excluding diaryl/α,β-unsaturated/α-hetero) is 1. The number of hydrogen-bond donors (Lipinski definition) is 0. The van der Waals surface area contributed by atoms with E-state index in [0.717, 1.165) is 11.5 Å². The molecule has 82 valence electrons. The topological polar surface area (TPSA) is 42.9 Å². The standard InChI is InChI=1S/C11H15BrN2O/c1-7(15)9(12)8-5-6-13-10(14-8)11(2,3)4/h5-6,9H,1-4H3. The minimum Gasteiger partial charge on any atom is -0.298 e. The van der Waals surface area contributed by atoms with Crippen LogP contribution in [0.3, 0.4) is 0 Å². The van der Waals surface area contributed by atoms with Crippen LogP contribution in [-0.4, -0.2) is 15.8 Å². The van der Waals surface area contributed by atoms with Gasteiger partial charge in [0.25, 0.3) is 0 Å². The third-order valence-corrected chi connectivity index (χ3v) is 3.08. The summed E-state index contributed by atoms with van der Waals surface area (Å²) < 4.78 is 0. The Morgan fingerprint density at radius 2 is 2.07 bits per heavy atom. The van der Waals surface area contributed by atoms with E-state index in [9.17, 15) is 4.79 Å². The van der Waals surface area contributed by atoms with Crippen molar-refractivity contribution in [2.75, 3.05) is 0 Å². The van der Waals surface area contributed by atoms with Gasteiger partial charge in [-0.2, -0.15) is 0 Å². The first-order valence-corrected chi connectivity index (χ1v) is 5.72. The second-order valence-corrected chi connectivity index (χ2v) is 5.44. The summed E-state index contributed by atoms with van der Waals surface area (Å²) in [4.78, 5) is 19.5. The lowest BCUT2D eigenvalue weighted by Gasteiger charge is -2.17. The zero-order valence-corrected chi connectivity index (χ0v) is 11.0. The monoisotopic (exact) mass is 270 g/mol. The molecule has 15 heavy (non-hydrogen) atoms. The van der Waals surface area contributed by atoms with Crippen molar-refractivity contribution in [3.05, 3.63) is 23.8 Å². The van der Waals surface area contributed by atoms with Crippen LogP contribution >= 0.6 is 15.9 Å². The summed E-state index contributed by atoms with van der Waals surface area (Å²) >= 11 is 3.31. The molecule has 0 aliphatic heterocycles. The van der Waals surface area contributed by atoms with Crippen LogP contribution in [0.2, 0.25) is 0 Å². The fraction of sp³-hybridized carbons (Fsp3) is 0.545. The van der Waals surface area contributed by atoms with Gasteiger partial charge in [0, 0.05) is 11.6 Å². The van der Waals surface area contributed by atoms with Crippen LogP contribution in [0.25, 0.3) is 0 Å². The van der Waals surface area contributed by atoms with Crippen molar-refractivity contribution in [1.82, 2.24) is 9.97 Å². The van der Waals surface area contributed by atoms with Crippen molar-refractivity contribution in [1.29, 1.82) is 0 Å². The summed E-state index contributed by atoms with van der Waals surface area (Å²) in [7, 11) is 0. The van der Waals surface area contributed by atoms with E-state index in [-0.39, 0.29) is 16.0 Å². The molecule has 1 heterocycles. The van der Waals surface area contributed by atoms with Gasteiger partial charge in [-0.1, -0.05) is 36.7 Å². The van der Waals surface area contributed by atoms with E-state index in [1.165, 1.54) is 6.92 Å². The highest BCUT2D eigenvalue weighted by molar-refractivity contribution is 9.09. The molecule has 0 spiro atoms. The SMILES string of the molecule is CC(=O)C(Br)c1ccnc(C(C)(C)C)n1. The van der Waals surface area contributed by atoms with E-state index < -0.39 is 0 Å². The molecule has 1 unspecified atom stereocenters. The van der Waals surface area contributed by atoms with Crippen molar-refractivity contribution in [3.63, 3.8) is 0 Å². The number of carbonyl (C=O) groups excluding carboxylic acids is 1. The normalized spacial score (nSPS) is 13.7. The quantitative estimate of drug-likeness (QED) is 0.777. The van der Waals surface area contributed by atoms with E-state index in [1.54, 1.807) is 12.3 Å².